The Kier molecular flexibility index (Phi) is 6.41. The first-order valence-electron chi connectivity index (χ1n) is 11.1. The maximum Gasteiger partial charge on any atom is 0.451 e. The summed E-state index contributed by atoms with van der Waals surface area (Å²) in [7, 11) is 1.24. The van der Waals surface area contributed by atoms with Gasteiger partial charge < -0.3 is 10.8 Å². The van der Waals surface area contributed by atoms with Gasteiger partial charge in [0, 0.05) is 16.7 Å². The Morgan fingerprint density at radius 3 is 1.94 bits per heavy atom. The third-order valence-electron chi connectivity index (χ3n) is 5.74. The Bertz CT molecular complexity index is 1260. The van der Waals surface area contributed by atoms with Crippen LogP contribution in [0.25, 0.3) is 0 Å². The van der Waals surface area contributed by atoms with Crippen molar-refractivity contribution in [3.8, 4) is 5.75 Å². The first kappa shape index (κ1) is 25.7. The summed E-state index contributed by atoms with van der Waals surface area (Å²) in [6, 6.07) is 7.28. The molecule has 1 aliphatic heterocycles. The monoisotopic (exact) mass is 481 g/mol. The third-order valence-corrected chi connectivity index (χ3v) is 5.74. The summed E-state index contributed by atoms with van der Waals surface area (Å²) < 4.78 is 14.4. The molecule has 35 heavy (non-hydrogen) atoms. The zero-order valence-electron chi connectivity index (χ0n) is 20.9. The molecule has 8 nitrogen and oxygen atoms in total. The van der Waals surface area contributed by atoms with Crippen LogP contribution in [0, 0.1) is 5.82 Å². The van der Waals surface area contributed by atoms with Crippen LogP contribution in [-0.2, 0) is 15.6 Å². The number of amidine groups is 1. The van der Waals surface area contributed by atoms with Crippen molar-refractivity contribution in [3.63, 3.8) is 0 Å². The van der Waals surface area contributed by atoms with Crippen LogP contribution in [-0.4, -0.2) is 51.0 Å². The van der Waals surface area contributed by atoms with Gasteiger partial charge in [-0.3, -0.25) is 4.79 Å². The molecule has 0 saturated carbocycles. The number of benzene rings is 2. The van der Waals surface area contributed by atoms with Crippen LogP contribution in [0.3, 0.4) is 0 Å². The van der Waals surface area contributed by atoms with Crippen molar-refractivity contribution < 1.29 is 28.5 Å². The van der Waals surface area contributed by atoms with Crippen molar-refractivity contribution in [2.75, 3.05) is 7.05 Å². The Morgan fingerprint density at radius 2 is 1.49 bits per heavy atom. The smallest absolute Gasteiger partial charge is 0.451 e. The molecule has 0 fully saturated rings. The lowest BCUT2D eigenvalue weighted by molar-refractivity contribution is -0.342. The maximum absolute atomic E-state index is 13.4. The summed E-state index contributed by atoms with van der Waals surface area (Å²) >= 11 is 0. The van der Waals surface area contributed by atoms with Crippen LogP contribution >= 0.6 is 0 Å². The summed E-state index contributed by atoms with van der Waals surface area (Å²) in [5.74, 6) is -2.35. The molecule has 0 aromatic heterocycles. The number of phenolic OH excluding ortho intramolecular Hbond substituents is 1. The minimum Gasteiger partial charge on any atom is -0.507 e. The zero-order chi connectivity index (χ0) is 26.5. The van der Waals surface area contributed by atoms with E-state index in [9.17, 15) is 23.9 Å². The summed E-state index contributed by atoms with van der Waals surface area (Å²) in [6.07, 6.45) is 0. The second-order valence-electron chi connectivity index (χ2n) is 10.5. The standard InChI is InChI=1S/C26H29FN4O4/c1-25(2,3)17-12-14(13-18(20(17)32)26(4,5)6)22(33)29-19-21(28)31(24(35)30(7)23(19)34)16-10-8-15(27)9-11-16/h8-13,28H,1-7H3,(H,32,33)/p+1. The van der Waals surface area contributed by atoms with Gasteiger partial charge in [0.05, 0.1) is 7.05 Å². The first-order chi connectivity index (χ1) is 16.0. The lowest BCUT2D eigenvalue weighted by Gasteiger charge is -2.27. The van der Waals surface area contributed by atoms with E-state index in [4.69, 9.17) is 5.73 Å². The van der Waals surface area contributed by atoms with Gasteiger partial charge in [-0.05, 0) is 47.2 Å². The fraction of sp³-hybridized carbons (Fsp3) is 0.346. The first-order valence-corrected chi connectivity index (χ1v) is 11.1. The van der Waals surface area contributed by atoms with E-state index in [1.807, 2.05) is 41.5 Å². The number of carbonyl (C=O) groups excluding carboxylic acids is 3. The predicted octanol–water partition coefficient (Wildman–Crippen LogP) is 4.00. The number of hydrogen-bond donors (Lipinski definition) is 2. The molecule has 1 heterocycles. The molecule has 2 aromatic carbocycles. The van der Waals surface area contributed by atoms with Gasteiger partial charge in [0.2, 0.25) is 5.71 Å². The molecule has 4 amide bonds. The van der Waals surface area contributed by atoms with Gasteiger partial charge in [0.15, 0.2) is 0 Å². The second-order valence-corrected chi connectivity index (χ2v) is 10.5. The van der Waals surface area contributed by atoms with E-state index < -0.39 is 40.2 Å². The van der Waals surface area contributed by atoms with E-state index in [0.29, 0.717) is 11.1 Å². The molecule has 0 radical (unpaired) electrons. The molecule has 1 aliphatic rings. The van der Waals surface area contributed by atoms with Crippen molar-refractivity contribution in [1.29, 1.82) is 0 Å². The summed E-state index contributed by atoms with van der Waals surface area (Å²) in [5, 5.41) is 10.9. The number of amides is 4. The molecular formula is C26H30FN4O4+. The number of carbonyl (C=O) groups is 3. The highest BCUT2D eigenvalue weighted by Crippen LogP contribution is 2.40. The molecule has 0 atom stereocenters. The summed E-state index contributed by atoms with van der Waals surface area (Å²) in [4.78, 5) is 43.7. The van der Waals surface area contributed by atoms with Crippen molar-refractivity contribution in [2.24, 2.45) is 10.7 Å². The summed E-state index contributed by atoms with van der Waals surface area (Å²) in [6.45, 7) is 11.5. The second kappa shape index (κ2) is 8.72. The number of hydrogen-bond acceptors (Lipinski definition) is 5. The minimum atomic E-state index is -0.843. The molecule has 2 aromatic rings. The van der Waals surface area contributed by atoms with Gasteiger partial charge in [-0.15, -0.1) is 0 Å². The summed E-state index contributed by atoms with van der Waals surface area (Å²) in [5.41, 5.74) is 6.26. The Labute approximate surface area is 203 Å². The lowest BCUT2D eigenvalue weighted by atomic mass is 9.78. The SMILES string of the molecule is CN1C(=O)C(=NC(=O)c2cc(C(C)(C)C)c(O)c(C(C)(C)C)c2)C(N)=[N+](c2ccc(F)cc2)C1=O. The van der Waals surface area contributed by atoms with Crippen LogP contribution in [0.5, 0.6) is 5.75 Å². The zero-order valence-corrected chi connectivity index (χ0v) is 20.9. The highest BCUT2D eigenvalue weighted by atomic mass is 19.1. The number of nitrogens with zero attached hydrogens (tertiary/aromatic N) is 3. The van der Waals surface area contributed by atoms with Crippen LogP contribution in [0.4, 0.5) is 14.9 Å². The third kappa shape index (κ3) is 4.84. The predicted molar refractivity (Wildman–Crippen MR) is 131 cm³/mol. The Hall–Kier alpha value is -3.88. The number of aromatic hydroxyl groups is 1. The fourth-order valence-electron chi connectivity index (χ4n) is 3.73. The van der Waals surface area contributed by atoms with Crippen LogP contribution in [0.1, 0.15) is 63.0 Å². The molecule has 0 aliphatic carbocycles. The molecule has 0 spiro atoms. The van der Waals surface area contributed by atoms with E-state index in [1.165, 1.54) is 19.2 Å². The number of halogens is 1. The van der Waals surface area contributed by atoms with Gasteiger partial charge >= 0.3 is 11.9 Å². The number of urea groups is 1. The molecule has 184 valence electrons. The van der Waals surface area contributed by atoms with Gasteiger partial charge in [0.25, 0.3) is 11.7 Å². The van der Waals surface area contributed by atoms with E-state index in [0.717, 1.165) is 21.6 Å². The fourth-order valence-corrected chi connectivity index (χ4v) is 3.73. The molecule has 9 heteroatoms. The van der Waals surface area contributed by atoms with Gasteiger partial charge in [-0.2, -0.15) is 14.5 Å². The molecular weight excluding hydrogens is 451 g/mol. The van der Waals surface area contributed by atoms with Crippen LogP contribution in [0.2, 0.25) is 0 Å². The highest BCUT2D eigenvalue weighted by molar-refractivity contribution is 6.68. The number of nitrogens with two attached hydrogens (primary N) is 1. The quantitative estimate of drug-likeness (QED) is 0.629. The van der Waals surface area contributed by atoms with Gasteiger partial charge in [-0.25, -0.2) is 14.0 Å². The molecule has 0 unspecified atom stereocenters. The molecule has 0 bridgehead atoms. The Balaban J connectivity index is 2.21. The molecule has 0 saturated heterocycles. The molecule has 3 N–H and O–H groups in total. The number of phenols is 1. The average Bonchev–Trinajstić information content (AvgIpc) is 2.75. The van der Waals surface area contributed by atoms with Gasteiger partial charge in [0.1, 0.15) is 17.3 Å². The van der Waals surface area contributed by atoms with E-state index in [2.05, 4.69) is 4.99 Å². The van der Waals surface area contributed by atoms with Crippen molar-refractivity contribution in [3.05, 3.63) is 58.9 Å². The lowest BCUT2D eigenvalue weighted by Crippen LogP contribution is -2.55. The highest BCUT2D eigenvalue weighted by Gasteiger charge is 2.42. The van der Waals surface area contributed by atoms with Gasteiger partial charge in [-0.1, -0.05) is 41.5 Å². The number of aliphatic imine (C=N–C) groups is 1. The van der Waals surface area contributed by atoms with E-state index in [1.54, 1.807) is 12.1 Å². The minimum absolute atomic E-state index is 0.0989. The van der Waals surface area contributed by atoms with E-state index in [-0.39, 0.29) is 22.8 Å². The topological polar surface area (TPSA) is 116 Å². The molecule has 3 rings (SSSR count). The van der Waals surface area contributed by atoms with E-state index >= 15 is 0 Å². The van der Waals surface area contributed by atoms with Crippen molar-refractivity contribution in [1.82, 2.24) is 4.90 Å². The van der Waals surface area contributed by atoms with Crippen LogP contribution in [0.15, 0.2) is 41.4 Å². The Morgan fingerprint density at radius 1 is 1.00 bits per heavy atom. The van der Waals surface area contributed by atoms with Crippen molar-refractivity contribution in [2.45, 2.75) is 52.4 Å². The normalized spacial score (nSPS) is 16.3. The number of rotatable bonds is 2. The average molecular weight is 482 g/mol. The van der Waals surface area contributed by atoms with Crippen molar-refractivity contribution >= 4 is 35.1 Å². The maximum atomic E-state index is 13.4. The largest absolute Gasteiger partial charge is 0.507 e. The number of imide groups is 1. The van der Waals surface area contributed by atoms with Crippen LogP contribution < -0.4 is 5.73 Å².